The Morgan fingerprint density at radius 1 is 1.06 bits per heavy atom. The van der Waals surface area contributed by atoms with E-state index in [4.69, 9.17) is 10.8 Å². The van der Waals surface area contributed by atoms with Crippen LogP contribution in [0.1, 0.15) is 72.1 Å². The second-order valence-corrected chi connectivity index (χ2v) is 5.98. The van der Waals surface area contributed by atoms with E-state index < -0.39 is 11.4 Å². The Hall–Kier alpha value is -0.570. The van der Waals surface area contributed by atoms with Gasteiger partial charge in [-0.2, -0.15) is 0 Å². The van der Waals surface area contributed by atoms with Crippen molar-refractivity contribution in [3.05, 3.63) is 0 Å². The average Bonchev–Trinajstić information content (AvgIpc) is 2.32. The van der Waals surface area contributed by atoms with Crippen molar-refractivity contribution in [3.8, 4) is 0 Å². The van der Waals surface area contributed by atoms with Gasteiger partial charge in [0.2, 0.25) is 0 Å². The van der Waals surface area contributed by atoms with Crippen LogP contribution in [0.4, 0.5) is 0 Å². The molecule has 0 heterocycles. The number of rotatable bonds is 11. The maximum absolute atomic E-state index is 11.1. The third-order valence-corrected chi connectivity index (χ3v) is 4.12. The van der Waals surface area contributed by atoms with Crippen LogP contribution in [0.5, 0.6) is 0 Å². The van der Waals surface area contributed by atoms with Crippen molar-refractivity contribution < 1.29 is 9.90 Å². The summed E-state index contributed by atoms with van der Waals surface area (Å²) in [5.74, 6) is -0.441. The summed E-state index contributed by atoms with van der Waals surface area (Å²) in [4.78, 5) is 11.1. The van der Waals surface area contributed by atoms with Crippen LogP contribution in [0.25, 0.3) is 0 Å². The van der Waals surface area contributed by atoms with Crippen LogP contribution < -0.4 is 5.73 Å². The third-order valence-electron chi connectivity index (χ3n) is 4.12. The molecule has 0 aliphatic carbocycles. The quantitative estimate of drug-likeness (QED) is 0.553. The van der Waals surface area contributed by atoms with Crippen molar-refractivity contribution >= 4 is 5.97 Å². The molecule has 0 aromatic heterocycles. The molecule has 0 bridgehead atoms. The SMILES string of the molecule is CC(CCCCCCCCCN)C(C)(C)C(=O)O. The van der Waals surface area contributed by atoms with E-state index in [2.05, 4.69) is 6.92 Å². The van der Waals surface area contributed by atoms with Crippen LogP contribution in [0.2, 0.25) is 0 Å². The summed E-state index contributed by atoms with van der Waals surface area (Å²) in [6.07, 6.45) is 9.62. The zero-order valence-corrected chi connectivity index (χ0v) is 12.4. The van der Waals surface area contributed by atoms with E-state index in [9.17, 15) is 4.79 Å². The second kappa shape index (κ2) is 9.37. The van der Waals surface area contributed by atoms with Gasteiger partial charge in [-0.05, 0) is 39.2 Å². The van der Waals surface area contributed by atoms with Gasteiger partial charge >= 0.3 is 5.97 Å². The van der Waals surface area contributed by atoms with E-state index in [0.717, 1.165) is 25.8 Å². The summed E-state index contributed by atoms with van der Waals surface area (Å²) in [6, 6.07) is 0. The minimum absolute atomic E-state index is 0.243. The van der Waals surface area contributed by atoms with E-state index in [1.807, 2.05) is 13.8 Å². The van der Waals surface area contributed by atoms with Crippen LogP contribution in [0.3, 0.4) is 0 Å². The molecule has 0 rings (SSSR count). The number of carboxylic acids is 1. The fraction of sp³-hybridized carbons (Fsp3) is 0.933. The molecule has 1 atom stereocenters. The molecule has 0 spiro atoms. The first-order valence-electron chi connectivity index (χ1n) is 7.36. The maximum atomic E-state index is 11.1. The lowest BCUT2D eigenvalue weighted by Crippen LogP contribution is -2.31. The topological polar surface area (TPSA) is 63.3 Å². The molecular weight excluding hydrogens is 226 g/mol. The molecule has 0 aromatic carbocycles. The largest absolute Gasteiger partial charge is 0.481 e. The van der Waals surface area contributed by atoms with Crippen molar-refractivity contribution in [1.82, 2.24) is 0 Å². The van der Waals surface area contributed by atoms with Crippen LogP contribution >= 0.6 is 0 Å². The van der Waals surface area contributed by atoms with E-state index in [1.54, 1.807) is 0 Å². The lowest BCUT2D eigenvalue weighted by Gasteiger charge is -2.27. The minimum Gasteiger partial charge on any atom is -0.481 e. The van der Waals surface area contributed by atoms with Gasteiger partial charge in [0.05, 0.1) is 5.41 Å². The van der Waals surface area contributed by atoms with Gasteiger partial charge in [-0.15, -0.1) is 0 Å². The second-order valence-electron chi connectivity index (χ2n) is 5.98. The highest BCUT2D eigenvalue weighted by Crippen LogP contribution is 2.30. The summed E-state index contributed by atoms with van der Waals surface area (Å²) in [5, 5.41) is 9.12. The van der Waals surface area contributed by atoms with Gasteiger partial charge in [-0.3, -0.25) is 4.79 Å². The highest BCUT2D eigenvalue weighted by Gasteiger charge is 2.32. The van der Waals surface area contributed by atoms with Crippen LogP contribution in [0, 0.1) is 11.3 Å². The average molecular weight is 257 g/mol. The Morgan fingerprint density at radius 2 is 1.50 bits per heavy atom. The molecule has 108 valence electrons. The molecule has 18 heavy (non-hydrogen) atoms. The molecule has 0 aromatic rings. The first-order chi connectivity index (χ1) is 8.42. The van der Waals surface area contributed by atoms with E-state index in [1.165, 1.54) is 32.1 Å². The third kappa shape index (κ3) is 7.00. The molecule has 3 heteroatoms. The number of carboxylic acid groups (broad SMARTS) is 1. The normalized spacial score (nSPS) is 13.6. The summed E-state index contributed by atoms with van der Waals surface area (Å²) in [7, 11) is 0. The Bertz CT molecular complexity index is 227. The van der Waals surface area contributed by atoms with Gasteiger partial charge in [-0.25, -0.2) is 0 Å². The Balaban J connectivity index is 3.52. The fourth-order valence-corrected chi connectivity index (χ4v) is 2.05. The highest BCUT2D eigenvalue weighted by molar-refractivity contribution is 5.73. The number of hydrogen-bond acceptors (Lipinski definition) is 2. The minimum atomic E-state index is -0.684. The van der Waals surface area contributed by atoms with E-state index >= 15 is 0 Å². The van der Waals surface area contributed by atoms with Crippen molar-refractivity contribution in [1.29, 1.82) is 0 Å². The molecule has 0 aliphatic heterocycles. The molecule has 0 radical (unpaired) electrons. The maximum Gasteiger partial charge on any atom is 0.309 e. The number of carbonyl (C=O) groups is 1. The molecule has 0 amide bonds. The summed E-state index contributed by atoms with van der Waals surface area (Å²) >= 11 is 0. The predicted octanol–water partition coefficient (Wildman–Crippen LogP) is 3.81. The molecule has 0 saturated carbocycles. The zero-order valence-electron chi connectivity index (χ0n) is 12.4. The van der Waals surface area contributed by atoms with Gasteiger partial charge < -0.3 is 10.8 Å². The molecular formula is C15H31NO2. The van der Waals surface area contributed by atoms with Gasteiger partial charge in [0, 0.05) is 0 Å². The summed E-state index contributed by atoms with van der Waals surface area (Å²) < 4.78 is 0. The number of unbranched alkanes of at least 4 members (excludes halogenated alkanes) is 6. The highest BCUT2D eigenvalue weighted by atomic mass is 16.4. The summed E-state index contributed by atoms with van der Waals surface area (Å²) in [5.41, 5.74) is 4.85. The number of aliphatic carboxylic acids is 1. The lowest BCUT2D eigenvalue weighted by molar-refractivity contribution is -0.149. The monoisotopic (exact) mass is 257 g/mol. The number of nitrogens with two attached hydrogens (primary N) is 1. The van der Waals surface area contributed by atoms with Crippen molar-refractivity contribution in [2.45, 2.75) is 72.1 Å². The first kappa shape index (κ1) is 17.4. The van der Waals surface area contributed by atoms with Crippen LogP contribution in [0.15, 0.2) is 0 Å². The zero-order chi connectivity index (χ0) is 14.0. The van der Waals surface area contributed by atoms with Crippen molar-refractivity contribution in [3.63, 3.8) is 0 Å². The molecule has 0 fully saturated rings. The first-order valence-corrected chi connectivity index (χ1v) is 7.36. The van der Waals surface area contributed by atoms with E-state index in [0.29, 0.717) is 0 Å². The number of hydrogen-bond donors (Lipinski definition) is 2. The van der Waals surface area contributed by atoms with Crippen LogP contribution in [-0.2, 0) is 4.79 Å². The summed E-state index contributed by atoms with van der Waals surface area (Å²) in [6.45, 7) is 6.51. The molecule has 3 N–H and O–H groups in total. The van der Waals surface area contributed by atoms with Gasteiger partial charge in [0.1, 0.15) is 0 Å². The smallest absolute Gasteiger partial charge is 0.309 e. The van der Waals surface area contributed by atoms with Crippen LogP contribution in [-0.4, -0.2) is 17.6 Å². The Kier molecular flexibility index (Phi) is 9.08. The molecule has 1 unspecified atom stereocenters. The standard InChI is InChI=1S/C15H31NO2/c1-13(15(2,3)14(17)18)11-9-7-5-4-6-8-10-12-16/h13H,4-12,16H2,1-3H3,(H,17,18). The predicted molar refractivity (Wildman–Crippen MR) is 76.6 cm³/mol. The van der Waals surface area contributed by atoms with Gasteiger partial charge in [-0.1, -0.05) is 45.4 Å². The van der Waals surface area contributed by atoms with Gasteiger partial charge in [0.15, 0.2) is 0 Å². The Labute approximate surface area is 112 Å². The Morgan fingerprint density at radius 3 is 1.94 bits per heavy atom. The van der Waals surface area contributed by atoms with E-state index in [-0.39, 0.29) is 5.92 Å². The fourth-order valence-electron chi connectivity index (χ4n) is 2.05. The van der Waals surface area contributed by atoms with Crippen molar-refractivity contribution in [2.75, 3.05) is 6.54 Å². The lowest BCUT2D eigenvalue weighted by atomic mass is 9.77. The molecule has 3 nitrogen and oxygen atoms in total. The van der Waals surface area contributed by atoms with Crippen molar-refractivity contribution in [2.24, 2.45) is 17.1 Å². The molecule has 0 aliphatic rings. The molecule has 0 saturated heterocycles. The van der Waals surface area contributed by atoms with Gasteiger partial charge in [0.25, 0.3) is 0 Å².